The third-order valence-corrected chi connectivity index (χ3v) is 0.128. The summed E-state index contributed by atoms with van der Waals surface area (Å²) in [5, 5.41) is 10.0. The van der Waals surface area contributed by atoms with Crippen LogP contribution in [-0.4, -0.2) is 11.0 Å². The van der Waals surface area contributed by atoms with Gasteiger partial charge < -0.3 is 17.9 Å². The molecule has 0 rings (SSSR count). The van der Waals surface area contributed by atoms with E-state index in [0.29, 0.717) is 0 Å². The zero-order chi connectivity index (χ0) is 4.28. The number of rotatable bonds is 0. The minimum atomic E-state index is -0.0648. The van der Waals surface area contributed by atoms with Crippen molar-refractivity contribution in [2.45, 2.75) is 0 Å². The fourth-order valence-corrected chi connectivity index (χ4v) is 0. The summed E-state index contributed by atoms with van der Waals surface area (Å²) < 4.78 is 0. The van der Waals surface area contributed by atoms with E-state index in [0.717, 1.165) is 0 Å². The number of nitrogens with zero attached hydrogens (tertiary/aromatic N) is 1. The van der Waals surface area contributed by atoms with Crippen molar-refractivity contribution < 1.29 is 40.8 Å². The zero-order valence-corrected chi connectivity index (χ0v) is 6.88. The van der Waals surface area contributed by atoms with Crippen molar-refractivity contribution in [2.24, 2.45) is 10.9 Å². The van der Waals surface area contributed by atoms with Gasteiger partial charge in [0.1, 0.15) is 0 Å². The first kappa shape index (κ1) is 9.59. The number of amidine groups is 1. The average molecular weight is 212 g/mol. The number of hydrogen-bond acceptors (Lipinski definition) is 2. The van der Waals surface area contributed by atoms with Crippen LogP contribution in [0.5, 0.6) is 0 Å². The topological polar surface area (TPSA) is 58.6 Å². The van der Waals surface area contributed by atoms with E-state index in [-0.39, 0.29) is 41.4 Å². The smallest absolute Gasteiger partial charge is 0 e. The monoisotopic (exact) mass is 212 g/mol. The number of hydrogen-bond donors (Lipinski definition) is 2. The third kappa shape index (κ3) is 8.84. The Labute approximate surface area is 64.2 Å². The van der Waals surface area contributed by atoms with Gasteiger partial charge in [-0.3, -0.25) is 0 Å². The quantitative estimate of drug-likeness (QED) is 0.188. The first-order valence-electron chi connectivity index (χ1n) is 1.07. The first-order chi connectivity index (χ1) is 2.27. The van der Waals surface area contributed by atoms with E-state index >= 15 is 0 Å². The van der Waals surface area contributed by atoms with E-state index < -0.39 is 0 Å². The van der Waals surface area contributed by atoms with Crippen molar-refractivity contribution in [1.29, 1.82) is 0 Å². The molecule has 0 heterocycles. The number of oxime groups is 1. The Morgan fingerprint density at radius 3 is 2.00 bits per heavy atom. The van der Waals surface area contributed by atoms with Gasteiger partial charge >= 0.3 is 0 Å². The minimum Gasteiger partial charge on any atom is -0.412 e. The molecule has 0 fully saturated rings. The predicted octanol–water partition coefficient (Wildman–Crippen LogP) is -0.433. The molecule has 6 heavy (non-hydrogen) atoms. The molecule has 0 spiro atoms. The average Bonchev–Trinajstić information content (AvgIpc) is 1.38. The van der Waals surface area contributed by atoms with Gasteiger partial charge in [-0.1, -0.05) is 0 Å². The van der Waals surface area contributed by atoms with E-state index in [9.17, 15) is 0 Å². The fourth-order valence-electron chi connectivity index (χ4n) is 0. The Morgan fingerprint density at radius 2 is 2.00 bits per heavy atom. The van der Waals surface area contributed by atoms with Crippen LogP contribution in [0.2, 0.25) is 0 Å². The van der Waals surface area contributed by atoms with Gasteiger partial charge in [0.15, 0.2) is 0 Å². The van der Waals surface area contributed by atoms with E-state index in [1.54, 1.807) is 0 Å². The van der Waals surface area contributed by atoms with E-state index in [2.05, 4.69) is 17.8 Å². The summed E-state index contributed by atoms with van der Waals surface area (Å²) in [6, 6.07) is 0. The maximum atomic E-state index is 7.54. The molecule has 4 heteroatoms. The van der Waals surface area contributed by atoms with Crippen molar-refractivity contribution in [3.63, 3.8) is 0 Å². The normalized spacial score (nSPS) is 9.67. The van der Waals surface area contributed by atoms with Crippen LogP contribution in [0, 0.1) is 42.5 Å². The standard InChI is InChI=1S/C2H5N2O.La/c1-2(3)4-5;/h5H,1H2,(H2,3,4);/q-1;. The Kier molecular flexibility index (Phi) is 8.53. The van der Waals surface area contributed by atoms with Gasteiger partial charge in [-0.05, 0) is 5.84 Å². The van der Waals surface area contributed by atoms with Crippen LogP contribution in [0.4, 0.5) is 0 Å². The molecule has 0 aromatic carbocycles. The van der Waals surface area contributed by atoms with Crippen molar-refractivity contribution in [3.05, 3.63) is 6.92 Å². The van der Waals surface area contributed by atoms with Crippen LogP contribution in [0.3, 0.4) is 0 Å². The fraction of sp³-hybridized carbons (Fsp3) is 0. The molecular weight excluding hydrogens is 207 g/mol. The van der Waals surface area contributed by atoms with Crippen molar-refractivity contribution in [1.82, 2.24) is 0 Å². The molecule has 0 aromatic heterocycles. The Balaban J connectivity index is 0. The molecule has 0 unspecified atom stereocenters. The summed E-state index contributed by atoms with van der Waals surface area (Å²) in [6.07, 6.45) is 0. The maximum absolute atomic E-state index is 7.54. The van der Waals surface area contributed by atoms with E-state index in [1.807, 2.05) is 0 Å². The third-order valence-electron chi connectivity index (χ3n) is 0.128. The molecule has 0 saturated heterocycles. The molecule has 3 N–H and O–H groups in total. The summed E-state index contributed by atoms with van der Waals surface area (Å²) in [6.45, 7) is 3.03. The predicted molar refractivity (Wildman–Crippen MR) is 18.8 cm³/mol. The van der Waals surface area contributed by atoms with Crippen molar-refractivity contribution in [3.8, 4) is 0 Å². The molecule has 0 aliphatic rings. The minimum absolute atomic E-state index is 0. The Bertz CT molecular complexity index is 49.5. The van der Waals surface area contributed by atoms with Crippen molar-refractivity contribution in [2.75, 3.05) is 0 Å². The summed E-state index contributed by atoms with van der Waals surface area (Å²) in [7, 11) is 0. The second-order valence-electron chi connectivity index (χ2n) is 0.591. The molecular formula is C2H5LaN2O-. The molecule has 0 saturated carbocycles. The molecule has 33 valence electrons. The second-order valence-corrected chi connectivity index (χ2v) is 0.591. The van der Waals surface area contributed by atoms with Gasteiger partial charge in [0, 0.05) is 35.6 Å². The summed E-state index contributed by atoms with van der Waals surface area (Å²) in [5.41, 5.74) is 4.68. The van der Waals surface area contributed by atoms with Crippen LogP contribution < -0.4 is 5.73 Å². The van der Waals surface area contributed by atoms with Crippen LogP contribution >= 0.6 is 0 Å². The van der Waals surface area contributed by atoms with E-state index in [1.165, 1.54) is 0 Å². The SMILES string of the molecule is [CH2-]/C(N)=N/O.[La]. The maximum Gasteiger partial charge on any atom is 0 e. The molecule has 0 atom stereocenters. The largest absolute Gasteiger partial charge is 0.412 e. The van der Waals surface area contributed by atoms with Gasteiger partial charge in [0.05, 0.1) is 0 Å². The molecule has 0 aliphatic heterocycles. The molecule has 0 bridgehead atoms. The van der Waals surface area contributed by atoms with Gasteiger partial charge in [-0.15, -0.1) is 5.16 Å². The molecule has 0 amide bonds. The van der Waals surface area contributed by atoms with Gasteiger partial charge in [-0.2, -0.15) is 0 Å². The van der Waals surface area contributed by atoms with E-state index in [4.69, 9.17) is 5.21 Å². The zero-order valence-electron chi connectivity index (χ0n) is 3.26. The summed E-state index contributed by atoms with van der Waals surface area (Å²) in [5.74, 6) is -0.0648. The van der Waals surface area contributed by atoms with Crippen LogP contribution in [0.1, 0.15) is 0 Å². The molecule has 3 nitrogen and oxygen atoms in total. The van der Waals surface area contributed by atoms with Crippen LogP contribution in [0.15, 0.2) is 5.16 Å². The molecule has 1 radical (unpaired) electrons. The second kappa shape index (κ2) is 5.33. The molecule has 0 aromatic rings. The van der Waals surface area contributed by atoms with Gasteiger partial charge in [-0.25, -0.2) is 0 Å². The Hall–Kier alpha value is 0.335. The summed E-state index contributed by atoms with van der Waals surface area (Å²) >= 11 is 0. The Morgan fingerprint density at radius 1 is 1.83 bits per heavy atom. The summed E-state index contributed by atoms with van der Waals surface area (Å²) in [4.78, 5) is 0. The van der Waals surface area contributed by atoms with Gasteiger partial charge in [0.2, 0.25) is 0 Å². The van der Waals surface area contributed by atoms with Crippen LogP contribution in [0.25, 0.3) is 0 Å². The molecule has 0 aliphatic carbocycles. The first-order valence-corrected chi connectivity index (χ1v) is 1.07. The van der Waals surface area contributed by atoms with Crippen molar-refractivity contribution >= 4 is 5.84 Å². The number of nitrogens with two attached hydrogens (primary N) is 1. The van der Waals surface area contributed by atoms with Gasteiger partial charge in [0.25, 0.3) is 0 Å². The van der Waals surface area contributed by atoms with Crippen LogP contribution in [-0.2, 0) is 0 Å².